The molecule has 0 atom stereocenters. The third kappa shape index (κ3) is 4.35. The Labute approximate surface area is 175 Å². The van der Waals surface area contributed by atoms with E-state index in [0.717, 1.165) is 29.2 Å². The Morgan fingerprint density at radius 2 is 1.73 bits per heavy atom. The summed E-state index contributed by atoms with van der Waals surface area (Å²) in [5.41, 5.74) is 2.25. The number of anilines is 1. The molecule has 4 amide bonds. The third-order valence-corrected chi connectivity index (χ3v) is 5.01. The summed E-state index contributed by atoms with van der Waals surface area (Å²) >= 11 is 0. The van der Waals surface area contributed by atoms with Gasteiger partial charge >= 0.3 is 6.03 Å². The van der Waals surface area contributed by atoms with Crippen molar-refractivity contribution in [3.8, 4) is 5.75 Å². The number of imide groups is 2. The van der Waals surface area contributed by atoms with Crippen molar-refractivity contribution in [1.29, 1.82) is 0 Å². The van der Waals surface area contributed by atoms with E-state index in [2.05, 4.69) is 24.1 Å². The number of ether oxygens (including phenoxy) is 1. The van der Waals surface area contributed by atoms with Crippen LogP contribution < -0.4 is 15.0 Å². The quantitative estimate of drug-likeness (QED) is 0.563. The van der Waals surface area contributed by atoms with Gasteiger partial charge in [-0.1, -0.05) is 30.3 Å². The summed E-state index contributed by atoms with van der Waals surface area (Å²) in [5, 5.41) is 2.25. The highest BCUT2D eigenvalue weighted by Crippen LogP contribution is 2.28. The van der Waals surface area contributed by atoms with Crippen LogP contribution in [-0.2, 0) is 16.1 Å². The average molecular weight is 407 g/mol. The molecule has 1 fully saturated rings. The lowest BCUT2D eigenvalue weighted by atomic mass is 10.0. The molecule has 7 nitrogen and oxygen atoms in total. The van der Waals surface area contributed by atoms with Crippen LogP contribution in [0.1, 0.15) is 25.0 Å². The number of rotatable bonds is 7. The van der Waals surface area contributed by atoms with Crippen molar-refractivity contribution in [3.05, 3.63) is 65.2 Å². The van der Waals surface area contributed by atoms with Gasteiger partial charge in [0.1, 0.15) is 11.3 Å². The Morgan fingerprint density at radius 1 is 1.03 bits per heavy atom. The zero-order valence-corrected chi connectivity index (χ0v) is 17.3. The number of nitrogens with zero attached hydrogens (tertiary/aromatic N) is 2. The maximum Gasteiger partial charge on any atom is 0.331 e. The molecule has 0 radical (unpaired) electrons. The average Bonchev–Trinajstić information content (AvgIpc) is 2.76. The number of hydrogen-bond acceptors (Lipinski definition) is 5. The Bertz CT molecular complexity index is 981. The molecule has 0 bridgehead atoms. The topological polar surface area (TPSA) is 79.0 Å². The zero-order valence-electron chi connectivity index (χ0n) is 17.3. The van der Waals surface area contributed by atoms with Crippen molar-refractivity contribution >= 4 is 29.6 Å². The summed E-state index contributed by atoms with van der Waals surface area (Å²) in [5.74, 6) is -0.814. The lowest BCUT2D eigenvalue weighted by molar-refractivity contribution is -0.130. The van der Waals surface area contributed by atoms with E-state index in [-0.39, 0.29) is 12.1 Å². The predicted octanol–water partition coefficient (Wildman–Crippen LogP) is 3.20. The molecular weight excluding hydrogens is 382 g/mol. The summed E-state index contributed by atoms with van der Waals surface area (Å²) in [6.07, 6.45) is 1.47. The molecule has 2 aromatic carbocycles. The summed E-state index contributed by atoms with van der Waals surface area (Å²) in [7, 11) is 1.54. The Kier molecular flexibility index (Phi) is 6.51. The summed E-state index contributed by atoms with van der Waals surface area (Å²) < 4.78 is 5.49. The highest BCUT2D eigenvalue weighted by atomic mass is 16.5. The van der Waals surface area contributed by atoms with Gasteiger partial charge in [0.2, 0.25) is 0 Å². The van der Waals surface area contributed by atoms with Crippen LogP contribution in [0.5, 0.6) is 5.75 Å². The van der Waals surface area contributed by atoms with Gasteiger partial charge in [0.15, 0.2) is 0 Å². The molecule has 0 unspecified atom stereocenters. The van der Waals surface area contributed by atoms with Crippen molar-refractivity contribution in [3.63, 3.8) is 0 Å². The number of benzene rings is 2. The van der Waals surface area contributed by atoms with Crippen LogP contribution >= 0.6 is 0 Å². The Morgan fingerprint density at radius 3 is 2.37 bits per heavy atom. The van der Waals surface area contributed by atoms with Crippen LogP contribution in [0.3, 0.4) is 0 Å². The number of nitrogens with one attached hydrogen (secondary N) is 1. The van der Waals surface area contributed by atoms with Gasteiger partial charge in [-0.05, 0) is 37.6 Å². The van der Waals surface area contributed by atoms with E-state index < -0.39 is 17.8 Å². The minimum atomic E-state index is -0.727. The van der Waals surface area contributed by atoms with E-state index in [9.17, 15) is 14.4 Å². The van der Waals surface area contributed by atoms with E-state index in [1.165, 1.54) is 13.2 Å². The minimum absolute atomic E-state index is 0.0775. The fourth-order valence-corrected chi connectivity index (χ4v) is 3.36. The molecule has 30 heavy (non-hydrogen) atoms. The zero-order chi connectivity index (χ0) is 21.7. The maximum absolute atomic E-state index is 12.9. The number of hydrogen-bond donors (Lipinski definition) is 1. The third-order valence-electron chi connectivity index (χ3n) is 5.01. The molecule has 156 valence electrons. The van der Waals surface area contributed by atoms with E-state index in [4.69, 9.17) is 4.74 Å². The van der Waals surface area contributed by atoms with Crippen molar-refractivity contribution < 1.29 is 19.1 Å². The van der Waals surface area contributed by atoms with Gasteiger partial charge in [0.25, 0.3) is 11.8 Å². The van der Waals surface area contributed by atoms with Gasteiger partial charge < -0.3 is 9.64 Å². The maximum atomic E-state index is 12.9. The number of carbonyl (C=O) groups is 3. The minimum Gasteiger partial charge on any atom is -0.496 e. The molecular formula is C23H25N3O4. The van der Waals surface area contributed by atoms with Crippen LogP contribution in [0.4, 0.5) is 10.5 Å². The van der Waals surface area contributed by atoms with E-state index >= 15 is 0 Å². The second kappa shape index (κ2) is 9.26. The molecule has 1 aliphatic rings. The second-order valence-corrected chi connectivity index (χ2v) is 6.79. The smallest absolute Gasteiger partial charge is 0.331 e. The standard InChI is InChI=1S/C23H25N3O4/c1-4-25(5-2)18-12-11-17(20(14-18)30-3)13-19-21(27)24-23(29)26(22(19)28)15-16-9-7-6-8-10-16/h6-14H,4-5,15H2,1-3H3,(H,24,27,29). The Balaban J connectivity index is 1.94. The Hall–Kier alpha value is -3.61. The van der Waals surface area contributed by atoms with Gasteiger partial charge in [0.05, 0.1) is 13.7 Å². The fraction of sp³-hybridized carbons (Fsp3) is 0.261. The van der Waals surface area contributed by atoms with Crippen molar-refractivity contribution in [2.45, 2.75) is 20.4 Å². The SMILES string of the molecule is CCN(CC)c1ccc(C=C2C(=O)NC(=O)N(Cc3ccccc3)C2=O)c(OC)c1. The van der Waals surface area contributed by atoms with E-state index in [0.29, 0.717) is 11.3 Å². The predicted molar refractivity (Wildman–Crippen MR) is 115 cm³/mol. The molecule has 3 rings (SSSR count). The number of urea groups is 1. The van der Waals surface area contributed by atoms with Crippen molar-refractivity contribution in [1.82, 2.24) is 10.2 Å². The molecule has 0 aromatic heterocycles. The first-order valence-electron chi connectivity index (χ1n) is 9.84. The van der Waals surface area contributed by atoms with Crippen LogP contribution in [0.15, 0.2) is 54.1 Å². The molecule has 2 aromatic rings. The first kappa shape index (κ1) is 21.1. The molecule has 0 aliphatic carbocycles. The van der Waals surface area contributed by atoms with Gasteiger partial charge in [-0.15, -0.1) is 0 Å². The monoisotopic (exact) mass is 407 g/mol. The van der Waals surface area contributed by atoms with E-state index in [1.54, 1.807) is 6.07 Å². The van der Waals surface area contributed by atoms with Crippen LogP contribution in [0.25, 0.3) is 6.08 Å². The first-order chi connectivity index (χ1) is 14.5. The number of amides is 4. The normalized spacial score (nSPS) is 15.4. The van der Waals surface area contributed by atoms with Gasteiger partial charge in [0, 0.05) is 30.4 Å². The molecule has 7 heteroatoms. The molecule has 0 spiro atoms. The van der Waals surface area contributed by atoms with Crippen LogP contribution in [0, 0.1) is 0 Å². The van der Waals surface area contributed by atoms with Crippen molar-refractivity contribution in [2.75, 3.05) is 25.1 Å². The second-order valence-electron chi connectivity index (χ2n) is 6.79. The molecule has 1 heterocycles. The lowest BCUT2D eigenvalue weighted by Crippen LogP contribution is -2.53. The van der Waals surface area contributed by atoms with Gasteiger partial charge in [-0.25, -0.2) is 4.79 Å². The summed E-state index contributed by atoms with van der Waals surface area (Å²) in [6.45, 7) is 5.90. The fourth-order valence-electron chi connectivity index (χ4n) is 3.36. The lowest BCUT2D eigenvalue weighted by Gasteiger charge is -2.26. The molecule has 1 N–H and O–H groups in total. The van der Waals surface area contributed by atoms with Crippen molar-refractivity contribution in [2.24, 2.45) is 0 Å². The molecule has 1 aliphatic heterocycles. The molecule has 1 saturated heterocycles. The number of methoxy groups -OCH3 is 1. The highest BCUT2D eigenvalue weighted by molar-refractivity contribution is 6.31. The first-order valence-corrected chi connectivity index (χ1v) is 9.84. The van der Waals surface area contributed by atoms with Crippen LogP contribution in [0.2, 0.25) is 0 Å². The largest absolute Gasteiger partial charge is 0.496 e. The van der Waals surface area contributed by atoms with E-state index in [1.807, 2.05) is 42.5 Å². The number of barbiturate groups is 1. The summed E-state index contributed by atoms with van der Waals surface area (Å²) in [6, 6.07) is 14.0. The molecule has 0 saturated carbocycles. The van der Waals surface area contributed by atoms with Gasteiger partial charge in [-0.3, -0.25) is 19.8 Å². The van der Waals surface area contributed by atoms with Crippen LogP contribution in [-0.4, -0.2) is 42.9 Å². The highest BCUT2D eigenvalue weighted by Gasteiger charge is 2.35. The van der Waals surface area contributed by atoms with Gasteiger partial charge in [-0.2, -0.15) is 0 Å². The summed E-state index contributed by atoms with van der Waals surface area (Å²) in [4.78, 5) is 40.8. The number of carbonyl (C=O) groups excluding carboxylic acids is 3.